The summed E-state index contributed by atoms with van der Waals surface area (Å²) in [6.45, 7) is 0. The van der Waals surface area contributed by atoms with Crippen molar-refractivity contribution in [2.45, 2.75) is 0 Å². The van der Waals surface area contributed by atoms with Crippen LogP contribution in [-0.2, 0) is 4.57 Å². The van der Waals surface area contributed by atoms with Crippen molar-refractivity contribution < 1.29 is 4.57 Å². The molecule has 1 heterocycles. The number of rotatable bonds is 10. The van der Waals surface area contributed by atoms with Gasteiger partial charge < -0.3 is 14.4 Å². The molecule has 5 heteroatoms. The largest absolute Gasteiger partial charge is 0.310 e. The van der Waals surface area contributed by atoms with Crippen LogP contribution in [0.1, 0.15) is 0 Å². The monoisotopic (exact) mass is 739 g/mol. The fraction of sp³-hybridized carbons (Fsp3) is 0. The van der Waals surface area contributed by atoms with Crippen LogP contribution in [0.4, 0.5) is 34.1 Å². The minimum absolute atomic E-state index is 0.742. The number of pyridine rings is 1. The zero-order valence-corrected chi connectivity index (χ0v) is 31.5. The van der Waals surface area contributed by atoms with Crippen molar-refractivity contribution in [1.29, 1.82) is 0 Å². The van der Waals surface area contributed by atoms with E-state index in [2.05, 4.69) is 107 Å². The molecule has 0 aliphatic rings. The van der Waals surface area contributed by atoms with Gasteiger partial charge in [0.25, 0.3) is 0 Å². The van der Waals surface area contributed by atoms with E-state index in [1.165, 1.54) is 0 Å². The number of fused-ring (bicyclic) bond motifs is 1. The minimum Gasteiger partial charge on any atom is -0.310 e. The van der Waals surface area contributed by atoms with E-state index in [9.17, 15) is 0 Å². The van der Waals surface area contributed by atoms with Crippen LogP contribution in [0.15, 0.2) is 231 Å². The van der Waals surface area contributed by atoms with Crippen LogP contribution in [0.25, 0.3) is 22.0 Å². The molecule has 0 spiro atoms. The molecular weight excluding hydrogens is 702 g/mol. The first-order chi connectivity index (χ1) is 27.7. The van der Waals surface area contributed by atoms with Gasteiger partial charge in [-0.05, 0) is 84.2 Å². The Morgan fingerprint density at radius 1 is 0.357 bits per heavy atom. The highest BCUT2D eigenvalue weighted by Crippen LogP contribution is 2.46. The third kappa shape index (κ3) is 6.68. The second-order valence-corrected chi connectivity index (χ2v) is 16.4. The predicted molar refractivity (Wildman–Crippen MR) is 236 cm³/mol. The molecule has 0 radical (unpaired) electrons. The summed E-state index contributed by atoms with van der Waals surface area (Å²) in [6.07, 6.45) is 1.85. The van der Waals surface area contributed by atoms with Crippen molar-refractivity contribution in [3.8, 4) is 11.3 Å². The molecule has 9 aromatic rings. The van der Waals surface area contributed by atoms with E-state index >= 15 is 4.57 Å². The van der Waals surface area contributed by atoms with E-state index in [0.717, 1.165) is 72.1 Å². The number of hydrogen-bond donors (Lipinski definition) is 0. The number of hydrogen-bond acceptors (Lipinski definition) is 4. The lowest BCUT2D eigenvalue weighted by Gasteiger charge is -2.29. The predicted octanol–water partition coefficient (Wildman–Crippen LogP) is 12.5. The lowest BCUT2D eigenvalue weighted by Crippen LogP contribution is -2.26. The first-order valence-corrected chi connectivity index (χ1v) is 20.4. The van der Waals surface area contributed by atoms with Crippen molar-refractivity contribution in [3.63, 3.8) is 0 Å². The summed E-state index contributed by atoms with van der Waals surface area (Å²) in [5, 5.41) is 4.43. The van der Waals surface area contributed by atoms with Gasteiger partial charge in [-0.2, -0.15) is 0 Å². The Morgan fingerprint density at radius 2 is 0.768 bits per heavy atom. The smallest absolute Gasteiger partial charge is 0.171 e. The average Bonchev–Trinajstić information content (AvgIpc) is 3.28. The van der Waals surface area contributed by atoms with E-state index in [1.807, 2.05) is 134 Å². The van der Waals surface area contributed by atoms with Gasteiger partial charge >= 0.3 is 0 Å². The quantitative estimate of drug-likeness (QED) is 0.131. The molecule has 0 saturated carbocycles. The summed E-state index contributed by atoms with van der Waals surface area (Å²) < 4.78 is 16.5. The molecule has 0 fully saturated rings. The molecule has 0 aliphatic heterocycles. The summed E-state index contributed by atoms with van der Waals surface area (Å²) in [5.41, 5.74) is 7.77. The standard InChI is InChI=1S/C51H38N3OP/c55-56(47-33-31-40(32-34-47)51-50-30-14-13-17-39(50)35-36-52-51,48-28-15-26-45(37-48)53(41-18-5-1-6-19-41)42-20-7-2-8-21-42)49-29-16-27-46(38-49)54(43-22-9-3-10-23-43)44-24-11-4-12-25-44/h1-38H. The molecule has 0 N–H and O–H groups in total. The van der Waals surface area contributed by atoms with Crippen LogP contribution in [0.2, 0.25) is 0 Å². The van der Waals surface area contributed by atoms with E-state index in [4.69, 9.17) is 4.98 Å². The molecule has 0 aliphatic carbocycles. The van der Waals surface area contributed by atoms with Crippen molar-refractivity contribution in [2.75, 3.05) is 9.80 Å². The fourth-order valence-corrected chi connectivity index (χ4v) is 10.2. The van der Waals surface area contributed by atoms with Crippen LogP contribution in [0.5, 0.6) is 0 Å². The SMILES string of the molecule is O=P(c1ccc(-c2nccc3ccccc23)cc1)(c1cccc(N(c2ccccc2)c2ccccc2)c1)c1cccc(N(c2ccccc2)c2ccccc2)c1. The van der Waals surface area contributed by atoms with E-state index in [0.29, 0.717) is 0 Å². The maximum Gasteiger partial charge on any atom is 0.171 e. The first kappa shape index (κ1) is 34.7. The third-order valence-corrected chi connectivity index (χ3v) is 13.2. The lowest BCUT2D eigenvalue weighted by molar-refractivity contribution is 0.592. The lowest BCUT2D eigenvalue weighted by atomic mass is 10.0. The van der Waals surface area contributed by atoms with Crippen molar-refractivity contribution in [3.05, 3.63) is 231 Å². The van der Waals surface area contributed by atoms with Crippen LogP contribution >= 0.6 is 7.14 Å². The van der Waals surface area contributed by atoms with Crippen LogP contribution in [0, 0.1) is 0 Å². The van der Waals surface area contributed by atoms with Gasteiger partial charge in [-0.1, -0.05) is 146 Å². The fourth-order valence-electron chi connectivity index (χ4n) is 7.48. The Morgan fingerprint density at radius 3 is 1.23 bits per heavy atom. The number of benzene rings is 8. The van der Waals surface area contributed by atoms with Gasteiger partial charge in [0.05, 0.1) is 5.69 Å². The number of aromatic nitrogens is 1. The van der Waals surface area contributed by atoms with E-state index in [1.54, 1.807) is 0 Å². The average molecular weight is 740 g/mol. The number of para-hydroxylation sites is 4. The van der Waals surface area contributed by atoms with Gasteiger partial charge in [0, 0.05) is 67.2 Å². The molecule has 56 heavy (non-hydrogen) atoms. The minimum atomic E-state index is -3.51. The van der Waals surface area contributed by atoms with Crippen molar-refractivity contribution in [2.24, 2.45) is 0 Å². The molecule has 0 bridgehead atoms. The van der Waals surface area contributed by atoms with E-state index in [-0.39, 0.29) is 0 Å². The van der Waals surface area contributed by atoms with Crippen LogP contribution in [0.3, 0.4) is 0 Å². The highest BCUT2D eigenvalue weighted by molar-refractivity contribution is 7.85. The Labute approximate surface area is 328 Å². The normalized spacial score (nSPS) is 11.3. The zero-order chi connectivity index (χ0) is 37.7. The van der Waals surface area contributed by atoms with Gasteiger partial charge in [-0.25, -0.2) is 0 Å². The molecule has 0 saturated heterocycles. The van der Waals surface area contributed by atoms with Crippen LogP contribution in [-0.4, -0.2) is 4.98 Å². The summed E-state index contributed by atoms with van der Waals surface area (Å²) in [7, 11) is -3.51. The number of anilines is 6. The molecule has 268 valence electrons. The van der Waals surface area contributed by atoms with E-state index < -0.39 is 7.14 Å². The molecule has 9 rings (SSSR count). The Kier molecular flexibility index (Phi) is 9.55. The Balaban J connectivity index is 1.23. The molecule has 8 aromatic carbocycles. The molecule has 1 aromatic heterocycles. The molecule has 0 atom stereocenters. The zero-order valence-electron chi connectivity index (χ0n) is 30.6. The summed E-state index contributed by atoms with van der Waals surface area (Å²) in [5.74, 6) is 0. The summed E-state index contributed by atoms with van der Waals surface area (Å²) in [6, 6.07) is 76.2. The van der Waals surface area contributed by atoms with Gasteiger partial charge in [-0.3, -0.25) is 4.98 Å². The number of nitrogens with zero attached hydrogens (tertiary/aromatic N) is 3. The highest BCUT2D eigenvalue weighted by atomic mass is 31.2. The molecule has 0 unspecified atom stereocenters. The highest BCUT2D eigenvalue weighted by Gasteiger charge is 2.32. The second kappa shape index (κ2) is 15.4. The summed E-state index contributed by atoms with van der Waals surface area (Å²) >= 11 is 0. The third-order valence-electron chi connectivity index (χ3n) is 10.1. The Hall–Kier alpha value is -7.00. The van der Waals surface area contributed by atoms with Gasteiger partial charge in [0.2, 0.25) is 0 Å². The van der Waals surface area contributed by atoms with Crippen LogP contribution < -0.4 is 25.7 Å². The van der Waals surface area contributed by atoms with Gasteiger partial charge in [0.1, 0.15) is 0 Å². The van der Waals surface area contributed by atoms with Crippen molar-refractivity contribution >= 4 is 68.0 Å². The van der Waals surface area contributed by atoms with Crippen molar-refractivity contribution in [1.82, 2.24) is 4.98 Å². The van der Waals surface area contributed by atoms with Gasteiger partial charge in [0.15, 0.2) is 7.14 Å². The molecule has 0 amide bonds. The maximum atomic E-state index is 16.5. The first-order valence-electron chi connectivity index (χ1n) is 18.7. The Bertz CT molecular complexity index is 2560. The topological polar surface area (TPSA) is 36.4 Å². The second-order valence-electron chi connectivity index (χ2n) is 13.6. The molecular formula is C51H38N3OP. The summed E-state index contributed by atoms with van der Waals surface area (Å²) in [4.78, 5) is 9.21. The molecule has 4 nitrogen and oxygen atoms in total. The maximum absolute atomic E-state index is 16.5. The van der Waals surface area contributed by atoms with Gasteiger partial charge in [-0.15, -0.1) is 0 Å².